The van der Waals surface area contributed by atoms with Gasteiger partial charge in [0.2, 0.25) is 0 Å². The molecule has 28 heavy (non-hydrogen) atoms. The van der Waals surface area contributed by atoms with E-state index >= 15 is 0 Å². The van der Waals surface area contributed by atoms with Crippen LogP contribution in [0.3, 0.4) is 0 Å². The fraction of sp³-hybridized carbons (Fsp3) is 0.182. The molecular weight excluding hydrogens is 428 g/mol. The molecule has 0 amide bonds. The van der Waals surface area contributed by atoms with E-state index in [-0.39, 0.29) is 18.2 Å². The number of benzene rings is 3. The quantitative estimate of drug-likeness (QED) is 0.487. The lowest BCUT2D eigenvalue weighted by molar-refractivity contribution is 0.275. The van der Waals surface area contributed by atoms with Gasteiger partial charge in [0, 0.05) is 28.7 Å². The highest BCUT2D eigenvalue weighted by atomic mass is 79.9. The van der Waals surface area contributed by atoms with E-state index in [0.717, 1.165) is 15.6 Å². The Bertz CT molecular complexity index is 932. The lowest BCUT2D eigenvalue weighted by Gasteiger charge is -2.17. The van der Waals surface area contributed by atoms with Crippen molar-refractivity contribution in [3.05, 3.63) is 93.5 Å². The van der Waals surface area contributed by atoms with Gasteiger partial charge in [0.1, 0.15) is 18.2 Å². The van der Waals surface area contributed by atoms with Crippen LogP contribution >= 0.6 is 15.9 Å². The number of hydrogen-bond acceptors (Lipinski definition) is 3. The molecule has 3 aromatic rings. The molecule has 0 heterocycles. The number of hydrogen-bond donors (Lipinski definition) is 1. The van der Waals surface area contributed by atoms with Crippen molar-refractivity contribution < 1.29 is 18.3 Å². The minimum Gasteiger partial charge on any atom is -0.493 e. The highest BCUT2D eigenvalue weighted by Crippen LogP contribution is 2.37. The van der Waals surface area contributed by atoms with E-state index in [0.29, 0.717) is 30.2 Å². The van der Waals surface area contributed by atoms with Gasteiger partial charge < -0.3 is 14.8 Å². The largest absolute Gasteiger partial charge is 0.493 e. The molecule has 0 saturated carbocycles. The smallest absolute Gasteiger partial charge is 0.167 e. The number of rotatable bonds is 8. The molecule has 146 valence electrons. The van der Waals surface area contributed by atoms with Crippen molar-refractivity contribution in [2.45, 2.75) is 19.7 Å². The summed E-state index contributed by atoms with van der Waals surface area (Å²) in [6.45, 7) is 1.14. The second-order valence-electron chi connectivity index (χ2n) is 6.17. The van der Waals surface area contributed by atoms with Gasteiger partial charge in [0.25, 0.3) is 0 Å². The van der Waals surface area contributed by atoms with E-state index in [1.165, 1.54) is 18.2 Å². The van der Waals surface area contributed by atoms with Gasteiger partial charge in [-0.15, -0.1) is 0 Å². The Morgan fingerprint density at radius 1 is 0.929 bits per heavy atom. The zero-order valence-corrected chi connectivity index (χ0v) is 16.9. The Hall–Kier alpha value is -2.44. The molecule has 0 aliphatic carbocycles. The first-order valence-electron chi connectivity index (χ1n) is 8.75. The van der Waals surface area contributed by atoms with Crippen molar-refractivity contribution in [3.8, 4) is 11.5 Å². The van der Waals surface area contributed by atoms with Crippen molar-refractivity contribution in [1.29, 1.82) is 0 Å². The van der Waals surface area contributed by atoms with Crippen LogP contribution in [-0.2, 0) is 19.7 Å². The van der Waals surface area contributed by atoms with Crippen LogP contribution in [0, 0.1) is 11.6 Å². The van der Waals surface area contributed by atoms with Crippen LogP contribution < -0.4 is 14.8 Å². The molecule has 0 aliphatic rings. The van der Waals surface area contributed by atoms with Gasteiger partial charge in [-0.25, -0.2) is 8.78 Å². The first-order valence-corrected chi connectivity index (χ1v) is 9.54. The topological polar surface area (TPSA) is 30.5 Å². The fourth-order valence-corrected chi connectivity index (χ4v) is 3.22. The Balaban J connectivity index is 1.75. The average Bonchev–Trinajstić information content (AvgIpc) is 2.70. The van der Waals surface area contributed by atoms with Gasteiger partial charge in [-0.2, -0.15) is 0 Å². The molecule has 3 rings (SSSR count). The maximum atomic E-state index is 13.9. The third-order valence-electron chi connectivity index (χ3n) is 4.26. The Morgan fingerprint density at radius 3 is 2.39 bits per heavy atom. The van der Waals surface area contributed by atoms with E-state index < -0.39 is 0 Å². The van der Waals surface area contributed by atoms with Gasteiger partial charge in [0.15, 0.2) is 11.5 Å². The molecule has 0 spiro atoms. The van der Waals surface area contributed by atoms with Crippen molar-refractivity contribution in [2.75, 3.05) is 7.11 Å². The third kappa shape index (κ3) is 5.09. The SMILES string of the molecule is COc1ccc(Br)c(CNCc2ccc(F)cc2)c1OCc1ccccc1F. The molecule has 3 aromatic carbocycles. The molecule has 0 bridgehead atoms. The van der Waals surface area contributed by atoms with Gasteiger partial charge in [0.05, 0.1) is 7.11 Å². The predicted molar refractivity (Wildman–Crippen MR) is 108 cm³/mol. The zero-order valence-electron chi connectivity index (χ0n) is 15.3. The number of nitrogens with one attached hydrogen (secondary N) is 1. The summed E-state index contributed by atoms with van der Waals surface area (Å²) < 4.78 is 39.2. The molecule has 0 radical (unpaired) electrons. The van der Waals surface area contributed by atoms with Crippen LogP contribution in [0.25, 0.3) is 0 Å². The van der Waals surface area contributed by atoms with E-state index in [1.54, 1.807) is 43.5 Å². The Labute approximate surface area is 171 Å². The fourth-order valence-electron chi connectivity index (χ4n) is 2.77. The predicted octanol–water partition coefficient (Wildman–Crippen LogP) is 5.60. The van der Waals surface area contributed by atoms with Crippen molar-refractivity contribution >= 4 is 15.9 Å². The van der Waals surface area contributed by atoms with E-state index in [1.807, 2.05) is 6.07 Å². The van der Waals surface area contributed by atoms with Gasteiger partial charge in [-0.1, -0.05) is 46.3 Å². The van der Waals surface area contributed by atoms with Crippen LogP contribution in [0.5, 0.6) is 11.5 Å². The maximum absolute atomic E-state index is 13.9. The normalized spacial score (nSPS) is 10.7. The summed E-state index contributed by atoms with van der Waals surface area (Å²) in [4.78, 5) is 0. The molecule has 0 aliphatic heterocycles. The van der Waals surface area contributed by atoms with Gasteiger partial charge in [-0.05, 0) is 35.9 Å². The Morgan fingerprint density at radius 2 is 1.68 bits per heavy atom. The lowest BCUT2D eigenvalue weighted by Crippen LogP contribution is -2.14. The zero-order chi connectivity index (χ0) is 19.9. The van der Waals surface area contributed by atoms with E-state index in [4.69, 9.17) is 9.47 Å². The summed E-state index contributed by atoms with van der Waals surface area (Å²) in [5, 5.41) is 3.32. The van der Waals surface area contributed by atoms with Crippen molar-refractivity contribution in [2.24, 2.45) is 0 Å². The first kappa shape index (κ1) is 20.3. The van der Waals surface area contributed by atoms with Crippen molar-refractivity contribution in [1.82, 2.24) is 5.32 Å². The molecule has 0 unspecified atom stereocenters. The van der Waals surface area contributed by atoms with Crippen LogP contribution in [0.1, 0.15) is 16.7 Å². The molecular formula is C22H20BrF2NO2. The van der Waals surface area contributed by atoms with Crippen LogP contribution in [0.4, 0.5) is 8.78 Å². The van der Waals surface area contributed by atoms with Crippen LogP contribution in [-0.4, -0.2) is 7.11 Å². The van der Waals surface area contributed by atoms with Crippen LogP contribution in [0.15, 0.2) is 65.1 Å². The highest BCUT2D eigenvalue weighted by molar-refractivity contribution is 9.10. The van der Waals surface area contributed by atoms with E-state index in [2.05, 4.69) is 21.2 Å². The summed E-state index contributed by atoms with van der Waals surface area (Å²) in [7, 11) is 1.56. The minimum absolute atomic E-state index is 0.0877. The molecule has 0 atom stereocenters. The minimum atomic E-state index is -0.313. The summed E-state index contributed by atoms with van der Waals surface area (Å²) >= 11 is 3.55. The molecule has 6 heteroatoms. The summed E-state index contributed by atoms with van der Waals surface area (Å²) in [5.41, 5.74) is 2.29. The summed E-state index contributed by atoms with van der Waals surface area (Å²) in [6, 6.07) is 16.5. The van der Waals surface area contributed by atoms with E-state index in [9.17, 15) is 8.78 Å². The monoisotopic (exact) mass is 447 g/mol. The molecule has 0 fully saturated rings. The first-order chi connectivity index (χ1) is 13.6. The number of halogens is 3. The third-order valence-corrected chi connectivity index (χ3v) is 5.00. The summed E-state index contributed by atoms with van der Waals surface area (Å²) in [5.74, 6) is 0.542. The average molecular weight is 448 g/mol. The standard InChI is InChI=1S/C22H20BrF2NO2/c1-27-21-11-10-19(23)18(13-26-12-15-6-8-17(24)9-7-15)22(21)28-14-16-4-2-3-5-20(16)25/h2-11,26H,12-14H2,1H3. The molecule has 1 N–H and O–H groups in total. The maximum Gasteiger partial charge on any atom is 0.167 e. The lowest BCUT2D eigenvalue weighted by atomic mass is 10.1. The molecule has 3 nitrogen and oxygen atoms in total. The summed E-state index contributed by atoms with van der Waals surface area (Å²) in [6.07, 6.45) is 0. The highest BCUT2D eigenvalue weighted by Gasteiger charge is 2.15. The second kappa shape index (κ2) is 9.66. The van der Waals surface area contributed by atoms with Crippen LogP contribution in [0.2, 0.25) is 0 Å². The van der Waals surface area contributed by atoms with Crippen molar-refractivity contribution in [3.63, 3.8) is 0 Å². The number of ether oxygens (including phenoxy) is 2. The Kier molecular flexibility index (Phi) is 7.01. The van der Waals surface area contributed by atoms with Gasteiger partial charge in [-0.3, -0.25) is 0 Å². The van der Waals surface area contributed by atoms with Gasteiger partial charge >= 0.3 is 0 Å². The molecule has 0 aromatic heterocycles. The second-order valence-corrected chi connectivity index (χ2v) is 7.02. The number of methoxy groups -OCH3 is 1. The molecule has 0 saturated heterocycles.